The molecule has 1 saturated heterocycles. The van der Waals surface area contributed by atoms with Crippen LogP contribution in [-0.4, -0.2) is 72.6 Å². The SMILES string of the molecule is CCNC(=O)CN1CCCN(CC(=O)O)CC1. The second-order valence-corrected chi connectivity index (χ2v) is 4.25. The van der Waals surface area contributed by atoms with Crippen molar-refractivity contribution >= 4 is 11.9 Å². The van der Waals surface area contributed by atoms with Crippen LogP contribution in [0.2, 0.25) is 0 Å². The number of likely N-dealkylation sites (N-methyl/N-ethyl adjacent to an activating group) is 1. The summed E-state index contributed by atoms with van der Waals surface area (Å²) in [5.41, 5.74) is 0. The molecule has 0 aromatic carbocycles. The number of amides is 1. The Kier molecular flexibility index (Phi) is 5.93. The van der Waals surface area contributed by atoms with Gasteiger partial charge in [0, 0.05) is 26.2 Å². The van der Waals surface area contributed by atoms with Crippen LogP contribution in [-0.2, 0) is 9.59 Å². The molecule has 0 bridgehead atoms. The molecule has 98 valence electrons. The average molecular weight is 243 g/mol. The summed E-state index contributed by atoms with van der Waals surface area (Å²) in [7, 11) is 0. The van der Waals surface area contributed by atoms with E-state index in [1.807, 2.05) is 11.8 Å². The average Bonchev–Trinajstić information content (AvgIpc) is 2.44. The van der Waals surface area contributed by atoms with E-state index in [2.05, 4.69) is 10.2 Å². The maximum atomic E-state index is 11.4. The lowest BCUT2D eigenvalue weighted by Gasteiger charge is -2.20. The zero-order valence-corrected chi connectivity index (χ0v) is 10.3. The van der Waals surface area contributed by atoms with Crippen LogP contribution in [0, 0.1) is 0 Å². The maximum Gasteiger partial charge on any atom is 0.317 e. The molecule has 17 heavy (non-hydrogen) atoms. The highest BCUT2D eigenvalue weighted by molar-refractivity contribution is 5.77. The van der Waals surface area contributed by atoms with Crippen LogP contribution in [0.4, 0.5) is 0 Å². The lowest BCUT2D eigenvalue weighted by molar-refractivity contribution is -0.138. The summed E-state index contributed by atoms with van der Waals surface area (Å²) in [6.45, 7) is 6.16. The van der Waals surface area contributed by atoms with Gasteiger partial charge in [-0.15, -0.1) is 0 Å². The van der Waals surface area contributed by atoms with Crippen molar-refractivity contribution < 1.29 is 14.7 Å². The third-order valence-electron chi connectivity index (χ3n) is 2.78. The summed E-state index contributed by atoms with van der Waals surface area (Å²) >= 11 is 0. The first kappa shape index (κ1) is 13.9. The molecule has 1 fully saturated rings. The van der Waals surface area contributed by atoms with E-state index >= 15 is 0 Å². The van der Waals surface area contributed by atoms with Gasteiger partial charge in [-0.2, -0.15) is 0 Å². The highest BCUT2D eigenvalue weighted by atomic mass is 16.4. The molecule has 0 aliphatic carbocycles. The quantitative estimate of drug-likeness (QED) is 0.662. The van der Waals surface area contributed by atoms with E-state index < -0.39 is 5.97 Å². The third-order valence-corrected chi connectivity index (χ3v) is 2.78. The molecule has 6 nitrogen and oxygen atoms in total. The second kappa shape index (κ2) is 7.24. The number of carboxylic acids is 1. The molecule has 1 amide bonds. The number of hydrogen-bond donors (Lipinski definition) is 2. The monoisotopic (exact) mass is 243 g/mol. The van der Waals surface area contributed by atoms with Gasteiger partial charge in [0.2, 0.25) is 5.91 Å². The Labute approximate surface area is 102 Å². The molecule has 0 saturated carbocycles. The number of carbonyl (C=O) groups excluding carboxylic acids is 1. The summed E-state index contributed by atoms with van der Waals surface area (Å²) < 4.78 is 0. The standard InChI is InChI=1S/C11H21N3O3/c1-2-12-10(15)8-13-4-3-5-14(7-6-13)9-11(16)17/h2-9H2,1H3,(H,12,15)(H,16,17). The smallest absolute Gasteiger partial charge is 0.317 e. The summed E-state index contributed by atoms with van der Waals surface area (Å²) in [5, 5.41) is 11.5. The van der Waals surface area contributed by atoms with Crippen LogP contribution in [0.25, 0.3) is 0 Å². The molecule has 1 rings (SSSR count). The minimum Gasteiger partial charge on any atom is -0.480 e. The lowest BCUT2D eigenvalue weighted by atomic mass is 10.3. The van der Waals surface area contributed by atoms with Crippen molar-refractivity contribution in [2.45, 2.75) is 13.3 Å². The predicted octanol–water partition coefficient (Wildman–Crippen LogP) is -0.785. The molecule has 1 heterocycles. The summed E-state index contributed by atoms with van der Waals surface area (Å²) in [5.74, 6) is -0.749. The molecule has 0 aromatic heterocycles. The second-order valence-electron chi connectivity index (χ2n) is 4.25. The first-order valence-corrected chi connectivity index (χ1v) is 6.05. The Hall–Kier alpha value is -1.14. The van der Waals surface area contributed by atoms with Gasteiger partial charge >= 0.3 is 5.97 Å². The number of aliphatic carboxylic acids is 1. The highest BCUT2D eigenvalue weighted by Crippen LogP contribution is 2.02. The Morgan fingerprint density at radius 3 is 2.24 bits per heavy atom. The van der Waals surface area contributed by atoms with E-state index in [-0.39, 0.29) is 12.5 Å². The fraction of sp³-hybridized carbons (Fsp3) is 0.818. The molecule has 6 heteroatoms. The van der Waals surface area contributed by atoms with Gasteiger partial charge in [-0.05, 0) is 19.9 Å². The van der Waals surface area contributed by atoms with Crippen molar-refractivity contribution in [2.24, 2.45) is 0 Å². The van der Waals surface area contributed by atoms with Gasteiger partial charge in [0.05, 0.1) is 13.1 Å². The molecular formula is C11H21N3O3. The third kappa shape index (κ3) is 5.65. The van der Waals surface area contributed by atoms with Gasteiger partial charge in [0.15, 0.2) is 0 Å². The van der Waals surface area contributed by atoms with E-state index in [0.717, 1.165) is 26.1 Å². The normalized spacial score (nSPS) is 18.6. The maximum absolute atomic E-state index is 11.4. The van der Waals surface area contributed by atoms with Crippen molar-refractivity contribution in [1.29, 1.82) is 0 Å². The summed E-state index contributed by atoms with van der Waals surface area (Å²) in [6, 6.07) is 0. The number of rotatable bonds is 5. The van der Waals surface area contributed by atoms with Gasteiger partial charge in [0.1, 0.15) is 0 Å². The minimum absolute atomic E-state index is 0.0409. The minimum atomic E-state index is -0.790. The van der Waals surface area contributed by atoms with E-state index in [4.69, 9.17) is 5.11 Å². The molecule has 0 unspecified atom stereocenters. The first-order chi connectivity index (χ1) is 8.11. The van der Waals surface area contributed by atoms with Gasteiger partial charge in [-0.3, -0.25) is 19.4 Å². The number of hydrogen-bond acceptors (Lipinski definition) is 4. The molecule has 2 N–H and O–H groups in total. The number of carbonyl (C=O) groups is 2. The lowest BCUT2D eigenvalue weighted by Crippen LogP contribution is -2.39. The van der Waals surface area contributed by atoms with Gasteiger partial charge in [0.25, 0.3) is 0 Å². The van der Waals surface area contributed by atoms with Crippen LogP contribution < -0.4 is 5.32 Å². The summed E-state index contributed by atoms with van der Waals surface area (Å²) in [4.78, 5) is 26.0. The fourth-order valence-electron chi connectivity index (χ4n) is 1.99. The predicted molar refractivity (Wildman–Crippen MR) is 63.8 cm³/mol. The van der Waals surface area contributed by atoms with Crippen molar-refractivity contribution in [3.8, 4) is 0 Å². The highest BCUT2D eigenvalue weighted by Gasteiger charge is 2.17. The Balaban J connectivity index is 2.31. The van der Waals surface area contributed by atoms with Crippen molar-refractivity contribution in [3.63, 3.8) is 0 Å². The van der Waals surface area contributed by atoms with Crippen molar-refractivity contribution in [1.82, 2.24) is 15.1 Å². The van der Waals surface area contributed by atoms with Gasteiger partial charge in [-0.25, -0.2) is 0 Å². The van der Waals surface area contributed by atoms with Gasteiger partial charge in [-0.1, -0.05) is 0 Å². The Morgan fingerprint density at radius 2 is 1.71 bits per heavy atom. The molecule has 0 spiro atoms. The molecular weight excluding hydrogens is 222 g/mol. The van der Waals surface area contributed by atoms with E-state index in [0.29, 0.717) is 19.6 Å². The molecule has 0 aromatic rings. The van der Waals surface area contributed by atoms with Crippen LogP contribution in [0.15, 0.2) is 0 Å². The fourth-order valence-corrected chi connectivity index (χ4v) is 1.99. The first-order valence-electron chi connectivity index (χ1n) is 6.05. The van der Waals surface area contributed by atoms with Crippen LogP contribution in [0.1, 0.15) is 13.3 Å². The van der Waals surface area contributed by atoms with Crippen molar-refractivity contribution in [3.05, 3.63) is 0 Å². The largest absolute Gasteiger partial charge is 0.480 e. The topological polar surface area (TPSA) is 72.9 Å². The van der Waals surface area contributed by atoms with Crippen LogP contribution in [0.5, 0.6) is 0 Å². The van der Waals surface area contributed by atoms with Crippen LogP contribution >= 0.6 is 0 Å². The molecule has 0 atom stereocenters. The number of nitrogens with one attached hydrogen (secondary N) is 1. The van der Waals surface area contributed by atoms with E-state index in [9.17, 15) is 9.59 Å². The zero-order valence-electron chi connectivity index (χ0n) is 10.3. The Morgan fingerprint density at radius 1 is 1.12 bits per heavy atom. The van der Waals surface area contributed by atoms with E-state index in [1.54, 1.807) is 0 Å². The van der Waals surface area contributed by atoms with Gasteiger partial charge < -0.3 is 10.4 Å². The van der Waals surface area contributed by atoms with Crippen molar-refractivity contribution in [2.75, 3.05) is 45.8 Å². The Bertz CT molecular complexity index is 271. The molecule has 0 radical (unpaired) electrons. The van der Waals surface area contributed by atoms with E-state index in [1.165, 1.54) is 0 Å². The zero-order chi connectivity index (χ0) is 12.7. The number of carboxylic acid groups (broad SMARTS) is 1. The van der Waals surface area contributed by atoms with Crippen LogP contribution in [0.3, 0.4) is 0 Å². The summed E-state index contributed by atoms with van der Waals surface area (Å²) in [6.07, 6.45) is 0.909. The molecule has 1 aliphatic heterocycles. The number of nitrogens with zero attached hydrogens (tertiary/aromatic N) is 2. The molecule has 1 aliphatic rings.